The van der Waals surface area contributed by atoms with E-state index < -0.39 is 11.8 Å². The van der Waals surface area contributed by atoms with E-state index in [0.717, 1.165) is 0 Å². The number of nitrogens with zero attached hydrogens (tertiary/aromatic N) is 2. The molecule has 2 heterocycles. The standard InChI is InChI=1S/C25H28N2O6/c1-15-13-26(14-16(2)33-15)23-22(20-8-6-7-9-21(20)32-5)24(28)27(25(23)29)17-10-18(30-3)12-19(11-17)31-4/h6-12,15-16H,13-14H2,1-5H3. The van der Waals surface area contributed by atoms with Gasteiger partial charge in [-0.1, -0.05) is 18.2 Å². The number of para-hydroxylation sites is 1. The first-order chi connectivity index (χ1) is 15.9. The van der Waals surface area contributed by atoms with Gasteiger partial charge in [-0.2, -0.15) is 0 Å². The van der Waals surface area contributed by atoms with Crippen molar-refractivity contribution < 1.29 is 28.5 Å². The average molecular weight is 453 g/mol. The second kappa shape index (κ2) is 9.15. The highest BCUT2D eigenvalue weighted by molar-refractivity contribution is 6.45. The second-order valence-corrected chi connectivity index (χ2v) is 8.10. The topological polar surface area (TPSA) is 77.5 Å². The van der Waals surface area contributed by atoms with E-state index in [-0.39, 0.29) is 12.2 Å². The zero-order valence-corrected chi connectivity index (χ0v) is 19.5. The molecule has 33 heavy (non-hydrogen) atoms. The van der Waals surface area contributed by atoms with E-state index in [1.165, 1.54) is 19.1 Å². The number of anilines is 1. The van der Waals surface area contributed by atoms with Crippen molar-refractivity contribution in [2.45, 2.75) is 26.1 Å². The highest BCUT2D eigenvalue weighted by Gasteiger charge is 2.45. The van der Waals surface area contributed by atoms with Gasteiger partial charge in [0.15, 0.2) is 0 Å². The summed E-state index contributed by atoms with van der Waals surface area (Å²) < 4.78 is 22.1. The van der Waals surface area contributed by atoms with Gasteiger partial charge in [-0.05, 0) is 19.9 Å². The van der Waals surface area contributed by atoms with Crippen molar-refractivity contribution in [3.63, 3.8) is 0 Å². The Morgan fingerprint density at radius 3 is 2.03 bits per heavy atom. The maximum absolute atomic E-state index is 13.9. The van der Waals surface area contributed by atoms with Crippen LogP contribution in [-0.2, 0) is 14.3 Å². The van der Waals surface area contributed by atoms with Crippen LogP contribution in [0.4, 0.5) is 5.69 Å². The fourth-order valence-corrected chi connectivity index (χ4v) is 4.42. The summed E-state index contributed by atoms with van der Waals surface area (Å²) in [6, 6.07) is 12.2. The molecule has 2 aromatic rings. The van der Waals surface area contributed by atoms with E-state index >= 15 is 0 Å². The summed E-state index contributed by atoms with van der Waals surface area (Å²) in [7, 11) is 4.59. The van der Waals surface area contributed by atoms with Gasteiger partial charge < -0.3 is 23.8 Å². The van der Waals surface area contributed by atoms with Crippen molar-refractivity contribution >= 4 is 23.1 Å². The Morgan fingerprint density at radius 1 is 0.848 bits per heavy atom. The molecule has 0 spiro atoms. The molecule has 2 aliphatic rings. The Labute approximate surface area is 193 Å². The first-order valence-corrected chi connectivity index (χ1v) is 10.8. The van der Waals surface area contributed by atoms with Gasteiger partial charge in [-0.3, -0.25) is 9.59 Å². The summed E-state index contributed by atoms with van der Waals surface area (Å²) in [5.74, 6) is 0.640. The number of morpholine rings is 1. The van der Waals surface area contributed by atoms with Gasteiger partial charge in [0.2, 0.25) is 0 Å². The van der Waals surface area contributed by atoms with Gasteiger partial charge in [0.1, 0.15) is 22.9 Å². The number of imide groups is 1. The number of amides is 2. The summed E-state index contributed by atoms with van der Waals surface area (Å²) >= 11 is 0. The van der Waals surface area contributed by atoms with Crippen molar-refractivity contribution in [3.05, 3.63) is 53.7 Å². The Morgan fingerprint density at radius 2 is 1.45 bits per heavy atom. The van der Waals surface area contributed by atoms with Gasteiger partial charge in [-0.25, -0.2) is 4.90 Å². The van der Waals surface area contributed by atoms with Gasteiger partial charge in [0.05, 0.1) is 44.8 Å². The number of methoxy groups -OCH3 is 3. The van der Waals surface area contributed by atoms with Crippen molar-refractivity contribution in [2.24, 2.45) is 0 Å². The quantitative estimate of drug-likeness (QED) is 0.624. The van der Waals surface area contributed by atoms with Crippen LogP contribution in [0.3, 0.4) is 0 Å². The van der Waals surface area contributed by atoms with Crippen LogP contribution in [0.5, 0.6) is 17.2 Å². The molecule has 2 atom stereocenters. The molecule has 174 valence electrons. The van der Waals surface area contributed by atoms with Crippen molar-refractivity contribution in [3.8, 4) is 17.2 Å². The van der Waals surface area contributed by atoms with Gasteiger partial charge >= 0.3 is 0 Å². The maximum atomic E-state index is 13.9. The average Bonchev–Trinajstić information content (AvgIpc) is 3.07. The molecular weight excluding hydrogens is 424 g/mol. The molecule has 0 aliphatic carbocycles. The minimum atomic E-state index is -0.429. The molecule has 0 aromatic heterocycles. The number of carbonyl (C=O) groups is 2. The Kier molecular flexibility index (Phi) is 6.29. The molecule has 2 aliphatic heterocycles. The minimum absolute atomic E-state index is 0.0889. The fourth-order valence-electron chi connectivity index (χ4n) is 4.42. The molecule has 1 fully saturated rings. The maximum Gasteiger partial charge on any atom is 0.282 e. The van der Waals surface area contributed by atoms with Crippen molar-refractivity contribution in [2.75, 3.05) is 39.3 Å². The molecule has 8 heteroatoms. The van der Waals surface area contributed by atoms with Gasteiger partial charge in [-0.15, -0.1) is 0 Å². The summed E-state index contributed by atoms with van der Waals surface area (Å²) in [6.45, 7) is 4.90. The molecule has 2 unspecified atom stereocenters. The Balaban J connectivity index is 1.88. The van der Waals surface area contributed by atoms with Crippen molar-refractivity contribution in [1.82, 2.24) is 4.90 Å². The van der Waals surface area contributed by atoms with Crippen LogP contribution in [0.2, 0.25) is 0 Å². The van der Waals surface area contributed by atoms with E-state index in [4.69, 9.17) is 18.9 Å². The normalized spacial score (nSPS) is 21.0. The number of ether oxygens (including phenoxy) is 4. The molecule has 2 aromatic carbocycles. The van der Waals surface area contributed by atoms with Gasteiger partial charge in [0.25, 0.3) is 11.8 Å². The number of carbonyl (C=O) groups excluding carboxylic acids is 2. The monoisotopic (exact) mass is 452 g/mol. The fraction of sp³-hybridized carbons (Fsp3) is 0.360. The molecule has 0 bridgehead atoms. The number of hydrogen-bond acceptors (Lipinski definition) is 7. The SMILES string of the molecule is COc1cc(OC)cc(N2C(=O)C(c3ccccc3OC)=C(N3CC(C)OC(C)C3)C2=O)c1. The van der Waals surface area contributed by atoms with Crippen LogP contribution in [0.15, 0.2) is 48.2 Å². The van der Waals surface area contributed by atoms with E-state index in [1.807, 2.05) is 30.9 Å². The van der Waals surface area contributed by atoms with Crippen LogP contribution in [0, 0.1) is 0 Å². The molecule has 1 saturated heterocycles. The lowest BCUT2D eigenvalue weighted by Crippen LogP contribution is -2.47. The lowest BCUT2D eigenvalue weighted by molar-refractivity contribution is -0.121. The highest BCUT2D eigenvalue weighted by atomic mass is 16.5. The van der Waals surface area contributed by atoms with E-state index in [0.29, 0.717) is 52.9 Å². The molecule has 0 radical (unpaired) electrons. The molecule has 8 nitrogen and oxygen atoms in total. The van der Waals surface area contributed by atoms with Crippen molar-refractivity contribution in [1.29, 1.82) is 0 Å². The summed E-state index contributed by atoms with van der Waals surface area (Å²) in [5, 5.41) is 0. The third kappa shape index (κ3) is 4.14. The Bertz CT molecular complexity index is 1080. The molecule has 0 saturated carbocycles. The van der Waals surface area contributed by atoms with Crippen LogP contribution in [0.1, 0.15) is 19.4 Å². The number of benzene rings is 2. The molecular formula is C25H28N2O6. The third-order valence-electron chi connectivity index (χ3n) is 5.77. The predicted octanol–water partition coefficient (Wildman–Crippen LogP) is 3.11. The zero-order valence-electron chi connectivity index (χ0n) is 19.5. The summed E-state index contributed by atoms with van der Waals surface area (Å²) in [4.78, 5) is 30.8. The number of rotatable bonds is 6. The van der Waals surface area contributed by atoms with E-state index in [9.17, 15) is 9.59 Å². The van der Waals surface area contributed by atoms with Crippen LogP contribution < -0.4 is 19.1 Å². The predicted molar refractivity (Wildman–Crippen MR) is 124 cm³/mol. The zero-order chi connectivity index (χ0) is 23.7. The first kappa shape index (κ1) is 22.7. The third-order valence-corrected chi connectivity index (χ3v) is 5.77. The first-order valence-electron chi connectivity index (χ1n) is 10.8. The summed E-state index contributed by atoms with van der Waals surface area (Å²) in [6.07, 6.45) is -0.178. The smallest absolute Gasteiger partial charge is 0.282 e. The highest BCUT2D eigenvalue weighted by Crippen LogP contribution is 2.40. The molecule has 0 N–H and O–H groups in total. The van der Waals surface area contributed by atoms with Gasteiger partial charge in [0, 0.05) is 36.9 Å². The lowest BCUT2D eigenvalue weighted by Gasteiger charge is -2.37. The summed E-state index contributed by atoms with van der Waals surface area (Å²) in [5.41, 5.74) is 1.59. The minimum Gasteiger partial charge on any atom is -0.497 e. The molecule has 2 amide bonds. The Hall–Kier alpha value is -3.52. The second-order valence-electron chi connectivity index (χ2n) is 8.10. The van der Waals surface area contributed by atoms with E-state index in [1.54, 1.807) is 37.4 Å². The molecule has 4 rings (SSSR count). The van der Waals surface area contributed by atoms with E-state index in [2.05, 4.69) is 0 Å². The van der Waals surface area contributed by atoms with Crippen LogP contribution in [0.25, 0.3) is 5.57 Å². The van der Waals surface area contributed by atoms with Crippen LogP contribution >= 0.6 is 0 Å². The number of hydrogen-bond donors (Lipinski definition) is 0. The largest absolute Gasteiger partial charge is 0.497 e. The van der Waals surface area contributed by atoms with Crippen LogP contribution in [-0.4, -0.2) is 63.3 Å². The lowest BCUT2D eigenvalue weighted by atomic mass is 10.0.